The lowest BCUT2D eigenvalue weighted by Gasteiger charge is -2.34. The van der Waals surface area contributed by atoms with Crippen LogP contribution in [0.4, 0.5) is 10.2 Å². The second kappa shape index (κ2) is 6.11. The fourth-order valence-corrected chi connectivity index (χ4v) is 2.24. The number of halogens is 1. The molecular formula is C13H20FN3O. The number of aliphatic hydroxyl groups is 1. The van der Waals surface area contributed by atoms with Crippen LogP contribution in [0.3, 0.4) is 0 Å². The number of nitrogens with zero attached hydrogens (tertiary/aromatic N) is 3. The van der Waals surface area contributed by atoms with Crippen LogP contribution >= 0.6 is 0 Å². The van der Waals surface area contributed by atoms with Gasteiger partial charge in [0.1, 0.15) is 0 Å². The summed E-state index contributed by atoms with van der Waals surface area (Å²) in [5, 5.41) is 8.82. The predicted octanol–water partition coefficient (Wildman–Crippen LogP) is 0.897. The Hall–Kier alpha value is -1.20. The van der Waals surface area contributed by atoms with E-state index in [0.29, 0.717) is 12.2 Å². The largest absolute Gasteiger partial charge is 0.396 e. The first-order valence-corrected chi connectivity index (χ1v) is 6.47. The van der Waals surface area contributed by atoms with E-state index >= 15 is 0 Å². The van der Waals surface area contributed by atoms with Crippen molar-refractivity contribution in [3.63, 3.8) is 0 Å². The molecule has 4 nitrogen and oxygen atoms in total. The Morgan fingerprint density at radius 1 is 1.33 bits per heavy atom. The number of likely N-dealkylation sites (N-methyl/N-ethyl adjacent to an activating group) is 1. The third-order valence-electron chi connectivity index (χ3n) is 3.40. The number of hydrogen-bond donors (Lipinski definition) is 1. The second-order valence-corrected chi connectivity index (χ2v) is 4.54. The van der Waals surface area contributed by atoms with E-state index in [1.54, 1.807) is 6.20 Å². The normalized spacial score (nSPS) is 17.2. The van der Waals surface area contributed by atoms with Gasteiger partial charge in [0.05, 0.1) is 0 Å². The lowest BCUT2D eigenvalue weighted by Crippen LogP contribution is -2.46. The zero-order valence-electron chi connectivity index (χ0n) is 10.8. The number of rotatable bonds is 4. The molecule has 0 bridgehead atoms. The molecule has 1 fully saturated rings. The molecular weight excluding hydrogens is 233 g/mol. The van der Waals surface area contributed by atoms with Crippen molar-refractivity contribution in [2.75, 3.05) is 44.2 Å². The SMILES string of the molecule is CCN1CCN(c2ncc(CCO)cc2F)CC1. The van der Waals surface area contributed by atoms with Gasteiger partial charge in [-0.15, -0.1) is 0 Å². The van der Waals surface area contributed by atoms with Gasteiger partial charge in [-0.05, 0) is 24.6 Å². The number of anilines is 1. The van der Waals surface area contributed by atoms with Gasteiger partial charge in [0.25, 0.3) is 0 Å². The highest BCUT2D eigenvalue weighted by atomic mass is 19.1. The molecule has 1 saturated heterocycles. The molecule has 0 aromatic carbocycles. The highest BCUT2D eigenvalue weighted by molar-refractivity contribution is 5.41. The maximum atomic E-state index is 13.9. The average Bonchev–Trinajstić information content (AvgIpc) is 2.40. The Morgan fingerprint density at radius 3 is 2.61 bits per heavy atom. The van der Waals surface area contributed by atoms with Crippen LogP contribution in [0.15, 0.2) is 12.3 Å². The van der Waals surface area contributed by atoms with E-state index in [1.807, 2.05) is 4.90 Å². The molecule has 5 heteroatoms. The minimum absolute atomic E-state index is 0.0235. The van der Waals surface area contributed by atoms with Crippen molar-refractivity contribution in [3.8, 4) is 0 Å². The molecule has 1 aromatic rings. The molecule has 1 N–H and O–H groups in total. The summed E-state index contributed by atoms with van der Waals surface area (Å²) >= 11 is 0. The van der Waals surface area contributed by atoms with Gasteiger partial charge in [0, 0.05) is 39.0 Å². The zero-order chi connectivity index (χ0) is 13.0. The molecule has 2 heterocycles. The summed E-state index contributed by atoms with van der Waals surface area (Å²) in [5.74, 6) is 0.151. The lowest BCUT2D eigenvalue weighted by atomic mass is 10.2. The van der Waals surface area contributed by atoms with Gasteiger partial charge < -0.3 is 14.9 Å². The van der Waals surface area contributed by atoms with E-state index in [2.05, 4.69) is 16.8 Å². The van der Waals surface area contributed by atoms with Gasteiger partial charge in [-0.25, -0.2) is 9.37 Å². The Balaban J connectivity index is 2.05. The molecule has 0 saturated carbocycles. The third-order valence-corrected chi connectivity index (χ3v) is 3.40. The monoisotopic (exact) mass is 253 g/mol. The van der Waals surface area contributed by atoms with Crippen molar-refractivity contribution in [3.05, 3.63) is 23.6 Å². The Labute approximate surface area is 107 Å². The third kappa shape index (κ3) is 2.97. The summed E-state index contributed by atoms with van der Waals surface area (Å²) in [5.41, 5.74) is 0.742. The molecule has 1 aromatic heterocycles. The van der Waals surface area contributed by atoms with Gasteiger partial charge in [0.15, 0.2) is 11.6 Å². The second-order valence-electron chi connectivity index (χ2n) is 4.54. The Bertz CT molecular complexity index is 392. The van der Waals surface area contributed by atoms with E-state index in [1.165, 1.54) is 6.07 Å². The molecule has 1 aliphatic rings. The molecule has 2 rings (SSSR count). The van der Waals surface area contributed by atoms with Crippen molar-refractivity contribution in [2.24, 2.45) is 0 Å². The number of pyridine rings is 1. The first-order chi connectivity index (χ1) is 8.74. The summed E-state index contributed by atoms with van der Waals surface area (Å²) in [6, 6.07) is 1.48. The van der Waals surface area contributed by atoms with Gasteiger partial charge >= 0.3 is 0 Å². The summed E-state index contributed by atoms with van der Waals surface area (Å²) in [6.07, 6.45) is 2.11. The van der Waals surface area contributed by atoms with Gasteiger partial charge in [0.2, 0.25) is 0 Å². The van der Waals surface area contributed by atoms with Crippen LogP contribution < -0.4 is 4.90 Å². The predicted molar refractivity (Wildman–Crippen MR) is 69.3 cm³/mol. The Kier molecular flexibility index (Phi) is 4.49. The topological polar surface area (TPSA) is 39.6 Å². The lowest BCUT2D eigenvalue weighted by molar-refractivity contribution is 0.269. The van der Waals surface area contributed by atoms with Crippen molar-refractivity contribution in [2.45, 2.75) is 13.3 Å². The van der Waals surface area contributed by atoms with Crippen molar-refractivity contribution >= 4 is 5.82 Å². The van der Waals surface area contributed by atoms with E-state index < -0.39 is 0 Å². The molecule has 0 spiro atoms. The fraction of sp³-hybridized carbons (Fsp3) is 0.615. The molecule has 0 amide bonds. The van der Waals surface area contributed by atoms with Crippen LogP contribution in [0.1, 0.15) is 12.5 Å². The van der Waals surface area contributed by atoms with Crippen LogP contribution in [0, 0.1) is 5.82 Å². The molecule has 0 unspecified atom stereocenters. The maximum absolute atomic E-state index is 13.9. The molecule has 100 valence electrons. The first-order valence-electron chi connectivity index (χ1n) is 6.47. The minimum Gasteiger partial charge on any atom is -0.396 e. The molecule has 0 radical (unpaired) electrons. The van der Waals surface area contributed by atoms with Crippen LogP contribution in [-0.2, 0) is 6.42 Å². The van der Waals surface area contributed by atoms with E-state index in [9.17, 15) is 4.39 Å². The molecule has 0 atom stereocenters. The van der Waals surface area contributed by atoms with Gasteiger partial charge in [-0.3, -0.25) is 0 Å². The fourth-order valence-electron chi connectivity index (χ4n) is 2.24. The van der Waals surface area contributed by atoms with Crippen LogP contribution in [0.25, 0.3) is 0 Å². The number of piperazine rings is 1. The Morgan fingerprint density at radius 2 is 2.06 bits per heavy atom. The van der Waals surface area contributed by atoms with E-state index in [-0.39, 0.29) is 12.4 Å². The molecule has 18 heavy (non-hydrogen) atoms. The van der Waals surface area contributed by atoms with Crippen LogP contribution in [0.2, 0.25) is 0 Å². The minimum atomic E-state index is -0.286. The standard InChI is InChI=1S/C13H20FN3O/c1-2-16-4-6-17(7-5-16)13-12(14)9-11(3-8-18)10-15-13/h9-10,18H,2-8H2,1H3. The van der Waals surface area contributed by atoms with Crippen molar-refractivity contribution in [1.29, 1.82) is 0 Å². The maximum Gasteiger partial charge on any atom is 0.165 e. The number of hydrogen-bond acceptors (Lipinski definition) is 4. The highest BCUT2D eigenvalue weighted by Crippen LogP contribution is 2.19. The van der Waals surface area contributed by atoms with Gasteiger partial charge in [-0.1, -0.05) is 6.92 Å². The van der Waals surface area contributed by atoms with Crippen molar-refractivity contribution < 1.29 is 9.50 Å². The van der Waals surface area contributed by atoms with Crippen LogP contribution in [0.5, 0.6) is 0 Å². The summed E-state index contributed by atoms with van der Waals surface area (Å²) in [6.45, 7) is 6.74. The average molecular weight is 253 g/mol. The number of aromatic nitrogens is 1. The summed E-state index contributed by atoms with van der Waals surface area (Å²) in [4.78, 5) is 8.52. The summed E-state index contributed by atoms with van der Waals surface area (Å²) in [7, 11) is 0. The zero-order valence-corrected chi connectivity index (χ0v) is 10.8. The van der Waals surface area contributed by atoms with Crippen molar-refractivity contribution in [1.82, 2.24) is 9.88 Å². The quantitative estimate of drug-likeness (QED) is 0.865. The smallest absolute Gasteiger partial charge is 0.165 e. The van der Waals surface area contributed by atoms with E-state index in [4.69, 9.17) is 5.11 Å². The van der Waals surface area contributed by atoms with Gasteiger partial charge in [-0.2, -0.15) is 0 Å². The molecule has 0 aliphatic carbocycles. The highest BCUT2D eigenvalue weighted by Gasteiger charge is 2.19. The van der Waals surface area contributed by atoms with Crippen LogP contribution in [-0.4, -0.2) is 54.3 Å². The first kappa shape index (κ1) is 13.2. The van der Waals surface area contributed by atoms with E-state index in [0.717, 1.165) is 38.3 Å². The number of aliphatic hydroxyl groups excluding tert-OH is 1. The summed E-state index contributed by atoms with van der Waals surface area (Å²) < 4.78 is 13.9. The molecule has 1 aliphatic heterocycles.